The van der Waals surface area contributed by atoms with Gasteiger partial charge in [-0.15, -0.1) is 0 Å². The third-order valence-electron chi connectivity index (χ3n) is 3.31. The molecule has 0 aliphatic heterocycles. The molecule has 120 valence electrons. The van der Waals surface area contributed by atoms with Gasteiger partial charge < -0.3 is 20.9 Å². The van der Waals surface area contributed by atoms with Crippen molar-refractivity contribution in [2.24, 2.45) is 5.73 Å². The van der Waals surface area contributed by atoms with Gasteiger partial charge in [-0.25, -0.2) is 4.79 Å². The van der Waals surface area contributed by atoms with Gasteiger partial charge in [-0.05, 0) is 19.5 Å². The molecule has 0 amide bonds. The number of hydrogen-bond donors (Lipinski definition) is 4. The van der Waals surface area contributed by atoms with E-state index in [9.17, 15) is 9.59 Å². The molecule has 1 aromatic carbocycles. The van der Waals surface area contributed by atoms with E-state index in [0.29, 0.717) is 23.5 Å². The quantitative estimate of drug-likeness (QED) is 0.300. The first kappa shape index (κ1) is 17.6. The van der Waals surface area contributed by atoms with Crippen LogP contribution in [0.5, 0.6) is 5.75 Å². The Morgan fingerprint density at radius 2 is 2.14 bits per heavy atom. The number of Topliss-reactive ketones (excluding diaryl/α,β-unsaturated/α-hetero) is 1. The minimum absolute atomic E-state index is 0.124. The smallest absolute Gasteiger partial charge is 0.372 e. The maximum Gasteiger partial charge on any atom is 0.372 e. The third-order valence-corrected chi connectivity index (χ3v) is 3.31. The van der Waals surface area contributed by atoms with E-state index in [-0.39, 0.29) is 18.3 Å². The molecule has 7 heteroatoms. The lowest BCUT2D eigenvalue weighted by atomic mass is 10.0. The summed E-state index contributed by atoms with van der Waals surface area (Å²) in [7, 11) is 1.82. The van der Waals surface area contributed by atoms with E-state index in [1.807, 2.05) is 14.0 Å². The lowest BCUT2D eigenvalue weighted by molar-refractivity contribution is -0.148. The van der Waals surface area contributed by atoms with Gasteiger partial charge in [-0.2, -0.15) is 0 Å². The Morgan fingerprint density at radius 1 is 1.45 bits per heavy atom. The normalized spacial score (nSPS) is 11.7. The lowest BCUT2D eigenvalue weighted by Crippen LogP contribution is -2.31. The number of carbonyl (C=O) groups excluding carboxylic acids is 1. The van der Waals surface area contributed by atoms with E-state index in [1.165, 1.54) is 0 Å². The van der Waals surface area contributed by atoms with Crippen LogP contribution in [0.3, 0.4) is 0 Å². The van der Waals surface area contributed by atoms with Crippen molar-refractivity contribution >= 4 is 17.6 Å². The average molecular weight is 307 g/mol. The maximum atomic E-state index is 11.4. The largest absolute Gasteiger partial charge is 0.492 e. The van der Waals surface area contributed by atoms with E-state index in [4.69, 9.17) is 21.0 Å². The zero-order valence-corrected chi connectivity index (χ0v) is 12.7. The summed E-state index contributed by atoms with van der Waals surface area (Å²) in [6.07, 6.45) is 0.589. The molecule has 1 unspecified atom stereocenters. The second-order valence-corrected chi connectivity index (χ2v) is 4.85. The van der Waals surface area contributed by atoms with E-state index < -0.39 is 11.8 Å². The first-order valence-corrected chi connectivity index (χ1v) is 6.92. The van der Waals surface area contributed by atoms with Crippen LogP contribution in [0, 0.1) is 5.41 Å². The first-order valence-electron chi connectivity index (χ1n) is 6.92. The molecule has 7 nitrogen and oxygen atoms in total. The molecular weight excluding hydrogens is 286 g/mol. The number of likely N-dealkylation sites (N-methyl/N-ethyl adjacent to an activating group) is 1. The summed E-state index contributed by atoms with van der Waals surface area (Å²) in [5.41, 5.74) is 6.36. The predicted octanol–water partition coefficient (Wildman–Crippen LogP) is 0.544. The zero-order valence-electron chi connectivity index (χ0n) is 12.7. The number of nitrogens with two attached hydrogens (primary N) is 1. The fraction of sp³-hybridized carbons (Fsp3) is 0.400. The zero-order chi connectivity index (χ0) is 16.7. The van der Waals surface area contributed by atoms with E-state index >= 15 is 0 Å². The summed E-state index contributed by atoms with van der Waals surface area (Å²) in [4.78, 5) is 22.1. The van der Waals surface area contributed by atoms with Crippen LogP contribution in [0.1, 0.15) is 24.5 Å². The number of benzene rings is 1. The number of ether oxygens (including phenoxy) is 1. The predicted molar refractivity (Wildman–Crippen MR) is 82.4 cm³/mol. The number of rotatable bonds is 9. The van der Waals surface area contributed by atoms with Crippen LogP contribution in [0.4, 0.5) is 0 Å². The maximum absolute atomic E-state index is 11.4. The standard InChI is InChI=1S/C15H21N3O4/c1-3-11(18-2)8-22-13-7-10(14(16)17)5-4-9(13)6-12(19)15(20)21/h4-5,7,11,18H,3,6,8H2,1-2H3,(H3,16,17)(H,20,21). The van der Waals surface area contributed by atoms with Gasteiger partial charge in [0.25, 0.3) is 0 Å². The van der Waals surface area contributed by atoms with E-state index in [2.05, 4.69) is 5.32 Å². The van der Waals surface area contributed by atoms with Crippen LogP contribution in [0.2, 0.25) is 0 Å². The number of nitrogens with one attached hydrogen (secondary N) is 2. The monoisotopic (exact) mass is 307 g/mol. The van der Waals surface area contributed by atoms with Crippen molar-refractivity contribution in [2.45, 2.75) is 25.8 Å². The Hall–Kier alpha value is -2.41. The molecule has 0 bridgehead atoms. The van der Waals surface area contributed by atoms with Crippen molar-refractivity contribution in [1.82, 2.24) is 5.32 Å². The summed E-state index contributed by atoms with van der Waals surface area (Å²) in [6.45, 7) is 2.37. The Bertz CT molecular complexity index is 568. The minimum atomic E-state index is -1.48. The molecule has 0 heterocycles. The summed E-state index contributed by atoms with van der Waals surface area (Å²) >= 11 is 0. The van der Waals surface area contributed by atoms with E-state index in [1.54, 1.807) is 18.2 Å². The molecule has 0 aromatic heterocycles. The number of ketones is 1. The highest BCUT2D eigenvalue weighted by Gasteiger charge is 2.17. The highest BCUT2D eigenvalue weighted by atomic mass is 16.5. The molecule has 0 saturated carbocycles. The fourth-order valence-electron chi connectivity index (χ4n) is 1.85. The molecule has 1 rings (SSSR count). The Kier molecular flexibility index (Phi) is 6.52. The van der Waals surface area contributed by atoms with Crippen molar-refractivity contribution in [3.8, 4) is 5.75 Å². The van der Waals surface area contributed by atoms with Gasteiger partial charge in [-0.3, -0.25) is 10.2 Å². The Morgan fingerprint density at radius 3 is 2.64 bits per heavy atom. The summed E-state index contributed by atoms with van der Waals surface area (Å²) in [6, 6.07) is 4.81. The molecule has 1 atom stereocenters. The highest BCUT2D eigenvalue weighted by molar-refractivity contribution is 6.33. The highest BCUT2D eigenvalue weighted by Crippen LogP contribution is 2.22. The molecule has 0 fully saturated rings. The van der Waals surface area contributed by atoms with Crippen LogP contribution in [-0.4, -0.2) is 42.4 Å². The Balaban J connectivity index is 3.01. The number of amidine groups is 1. The van der Waals surface area contributed by atoms with Gasteiger partial charge >= 0.3 is 5.97 Å². The van der Waals surface area contributed by atoms with Crippen molar-refractivity contribution in [3.63, 3.8) is 0 Å². The number of aliphatic carboxylic acids is 1. The minimum Gasteiger partial charge on any atom is -0.492 e. The molecule has 0 aliphatic carbocycles. The van der Waals surface area contributed by atoms with Crippen LogP contribution >= 0.6 is 0 Å². The molecule has 0 radical (unpaired) electrons. The number of carboxylic acid groups (broad SMARTS) is 1. The fourth-order valence-corrected chi connectivity index (χ4v) is 1.85. The summed E-state index contributed by atoms with van der Waals surface area (Å²) < 4.78 is 5.69. The number of nitrogen functional groups attached to an aromatic ring is 1. The molecular formula is C15H21N3O4. The van der Waals surface area contributed by atoms with Gasteiger partial charge in [0.1, 0.15) is 18.2 Å². The molecule has 0 saturated heterocycles. The average Bonchev–Trinajstić information content (AvgIpc) is 2.49. The second kappa shape index (κ2) is 8.14. The molecule has 5 N–H and O–H groups in total. The lowest BCUT2D eigenvalue weighted by Gasteiger charge is -2.17. The summed E-state index contributed by atoms with van der Waals surface area (Å²) in [5, 5.41) is 19.3. The topological polar surface area (TPSA) is 125 Å². The number of carbonyl (C=O) groups is 2. The van der Waals surface area contributed by atoms with Crippen molar-refractivity contribution < 1.29 is 19.4 Å². The van der Waals surface area contributed by atoms with Crippen LogP contribution in [0.15, 0.2) is 18.2 Å². The summed E-state index contributed by atoms with van der Waals surface area (Å²) in [5.74, 6) is -2.15. The first-order chi connectivity index (χ1) is 10.4. The van der Waals surface area contributed by atoms with Crippen molar-refractivity contribution in [1.29, 1.82) is 5.41 Å². The molecule has 0 spiro atoms. The Labute approximate surface area is 129 Å². The number of hydrogen-bond acceptors (Lipinski definition) is 5. The molecule has 22 heavy (non-hydrogen) atoms. The van der Waals surface area contributed by atoms with Crippen molar-refractivity contribution in [2.75, 3.05) is 13.7 Å². The van der Waals surface area contributed by atoms with Crippen LogP contribution < -0.4 is 15.8 Å². The van der Waals surface area contributed by atoms with Gasteiger partial charge in [0, 0.05) is 23.6 Å². The molecule has 0 aliphatic rings. The van der Waals surface area contributed by atoms with Gasteiger partial charge in [0.15, 0.2) is 0 Å². The van der Waals surface area contributed by atoms with Gasteiger partial charge in [0.05, 0.1) is 0 Å². The van der Waals surface area contributed by atoms with Gasteiger partial charge in [0.2, 0.25) is 5.78 Å². The number of carboxylic acids is 1. The van der Waals surface area contributed by atoms with Crippen molar-refractivity contribution in [3.05, 3.63) is 29.3 Å². The van der Waals surface area contributed by atoms with Crippen LogP contribution in [0.25, 0.3) is 0 Å². The van der Waals surface area contributed by atoms with Crippen LogP contribution in [-0.2, 0) is 16.0 Å². The molecule has 1 aromatic rings. The second-order valence-electron chi connectivity index (χ2n) is 4.85. The SMILES string of the molecule is CCC(COc1cc(C(=N)N)ccc1CC(=O)C(=O)O)NC. The van der Waals surface area contributed by atoms with E-state index in [0.717, 1.165) is 6.42 Å². The third kappa shape index (κ3) is 4.85. The van der Waals surface area contributed by atoms with Gasteiger partial charge in [-0.1, -0.05) is 19.1 Å².